The van der Waals surface area contributed by atoms with Crippen LogP contribution in [0, 0.1) is 0 Å². The van der Waals surface area contributed by atoms with Gasteiger partial charge in [0.25, 0.3) is 0 Å². The van der Waals surface area contributed by atoms with E-state index in [2.05, 4.69) is 12.2 Å². The Hall–Kier alpha value is -2.59. The molecule has 1 aliphatic rings. The minimum atomic E-state index is -0.377. The van der Waals surface area contributed by atoms with Crippen molar-refractivity contribution in [1.29, 1.82) is 0 Å². The number of ether oxygens (including phenoxy) is 1. The third kappa shape index (κ3) is 3.79. The number of nitrogens with zero attached hydrogens (tertiary/aromatic N) is 1. The van der Waals surface area contributed by atoms with E-state index in [1.165, 1.54) is 6.92 Å². The van der Waals surface area contributed by atoms with Crippen molar-refractivity contribution < 1.29 is 14.7 Å². The number of allylic oxidation sites excluding steroid dienone is 3. The number of hydrogen-bond acceptors (Lipinski definition) is 3. The quantitative estimate of drug-likeness (QED) is 0.680. The Bertz CT molecular complexity index is 792. The summed E-state index contributed by atoms with van der Waals surface area (Å²) >= 11 is 0. The summed E-state index contributed by atoms with van der Waals surface area (Å²) in [6.45, 7) is 1.50. The average molecular weight is 309 g/mol. The molecule has 1 N–H and O–H groups in total. The highest BCUT2D eigenvalue weighted by Gasteiger charge is 2.07. The third-order valence-corrected chi connectivity index (χ3v) is 3.77. The topological polar surface area (TPSA) is 49.8 Å². The molecule has 118 valence electrons. The van der Waals surface area contributed by atoms with Gasteiger partial charge in [0.15, 0.2) is 0 Å². The molecule has 0 aromatic heterocycles. The van der Waals surface area contributed by atoms with Gasteiger partial charge in [-0.3, -0.25) is 10.0 Å². The SMILES string of the molecule is CC(=O)N(O)Cc1ccc2ccc(OC3=CCCC=C3)cc2c1. The molecule has 2 aromatic rings. The molecule has 0 unspecified atom stereocenters. The summed E-state index contributed by atoms with van der Waals surface area (Å²) in [5.74, 6) is 1.27. The normalized spacial score (nSPS) is 13.7. The summed E-state index contributed by atoms with van der Waals surface area (Å²) in [5, 5.41) is 12.4. The van der Waals surface area contributed by atoms with Gasteiger partial charge < -0.3 is 4.74 Å². The summed E-state index contributed by atoms with van der Waals surface area (Å²) in [6, 6.07) is 11.8. The van der Waals surface area contributed by atoms with Gasteiger partial charge in [0.05, 0.1) is 6.54 Å². The number of hydrogen-bond donors (Lipinski definition) is 1. The van der Waals surface area contributed by atoms with E-state index in [1.54, 1.807) is 0 Å². The summed E-state index contributed by atoms with van der Waals surface area (Å²) < 4.78 is 5.88. The zero-order chi connectivity index (χ0) is 16.2. The second-order valence-electron chi connectivity index (χ2n) is 5.61. The molecule has 0 spiro atoms. The van der Waals surface area contributed by atoms with E-state index in [0.717, 1.165) is 40.7 Å². The molecule has 4 heteroatoms. The second-order valence-corrected chi connectivity index (χ2v) is 5.61. The highest BCUT2D eigenvalue weighted by molar-refractivity contribution is 5.84. The third-order valence-electron chi connectivity index (χ3n) is 3.77. The highest BCUT2D eigenvalue weighted by Crippen LogP contribution is 2.25. The van der Waals surface area contributed by atoms with E-state index in [1.807, 2.05) is 42.5 Å². The van der Waals surface area contributed by atoms with Gasteiger partial charge >= 0.3 is 0 Å². The van der Waals surface area contributed by atoms with E-state index in [4.69, 9.17) is 4.74 Å². The largest absolute Gasteiger partial charge is 0.458 e. The first-order valence-corrected chi connectivity index (χ1v) is 7.66. The predicted octanol–water partition coefficient (Wildman–Crippen LogP) is 4.19. The Morgan fingerprint density at radius 3 is 2.74 bits per heavy atom. The van der Waals surface area contributed by atoms with E-state index in [9.17, 15) is 10.0 Å². The smallest absolute Gasteiger partial charge is 0.243 e. The summed E-state index contributed by atoms with van der Waals surface area (Å²) in [6.07, 6.45) is 8.23. The average Bonchev–Trinajstić information content (AvgIpc) is 2.55. The van der Waals surface area contributed by atoms with Gasteiger partial charge in [-0.1, -0.05) is 24.3 Å². The van der Waals surface area contributed by atoms with Gasteiger partial charge in [0.2, 0.25) is 5.91 Å². The first kappa shape index (κ1) is 15.3. The number of hydroxylamine groups is 2. The highest BCUT2D eigenvalue weighted by atomic mass is 16.5. The van der Waals surface area contributed by atoms with Crippen molar-refractivity contribution in [3.8, 4) is 5.75 Å². The van der Waals surface area contributed by atoms with E-state index < -0.39 is 0 Å². The maximum absolute atomic E-state index is 11.1. The van der Waals surface area contributed by atoms with Crippen molar-refractivity contribution in [3.05, 3.63) is 65.9 Å². The molecule has 0 aliphatic heterocycles. The molecular formula is C19H19NO3. The van der Waals surface area contributed by atoms with Crippen LogP contribution in [-0.2, 0) is 11.3 Å². The molecule has 0 atom stereocenters. The number of fused-ring (bicyclic) bond motifs is 1. The minimum absolute atomic E-state index is 0.171. The van der Waals surface area contributed by atoms with Gasteiger partial charge in [0.1, 0.15) is 11.5 Å². The van der Waals surface area contributed by atoms with Crippen molar-refractivity contribution in [2.45, 2.75) is 26.3 Å². The monoisotopic (exact) mass is 309 g/mol. The van der Waals surface area contributed by atoms with Crippen LogP contribution >= 0.6 is 0 Å². The lowest BCUT2D eigenvalue weighted by molar-refractivity contribution is -0.165. The van der Waals surface area contributed by atoms with Crippen LogP contribution in [0.1, 0.15) is 25.3 Å². The molecule has 0 saturated heterocycles. The van der Waals surface area contributed by atoms with Crippen LogP contribution in [0.15, 0.2) is 60.4 Å². The van der Waals surface area contributed by atoms with Gasteiger partial charge in [-0.2, -0.15) is 0 Å². The van der Waals surface area contributed by atoms with Crippen LogP contribution in [0.2, 0.25) is 0 Å². The minimum Gasteiger partial charge on any atom is -0.458 e. The van der Waals surface area contributed by atoms with Crippen LogP contribution in [-0.4, -0.2) is 16.2 Å². The fourth-order valence-corrected chi connectivity index (χ4v) is 2.52. The zero-order valence-corrected chi connectivity index (χ0v) is 13.0. The molecule has 1 amide bonds. The molecule has 0 bridgehead atoms. The fourth-order valence-electron chi connectivity index (χ4n) is 2.52. The standard InChI is InChI=1S/C19H19NO3/c1-14(21)20(22)13-15-7-8-16-9-10-19(12-17(16)11-15)23-18-5-3-2-4-6-18/h3,5-12,22H,2,4,13H2,1H3. The Morgan fingerprint density at radius 1 is 1.17 bits per heavy atom. The summed E-state index contributed by atoms with van der Waals surface area (Å²) in [5.41, 5.74) is 0.865. The first-order valence-electron chi connectivity index (χ1n) is 7.66. The Labute approximate surface area is 135 Å². The van der Waals surface area contributed by atoms with Gasteiger partial charge in [0, 0.05) is 6.92 Å². The molecular weight excluding hydrogens is 290 g/mol. The molecule has 1 aliphatic carbocycles. The Morgan fingerprint density at radius 2 is 2.00 bits per heavy atom. The van der Waals surface area contributed by atoms with Crippen LogP contribution < -0.4 is 4.74 Å². The molecule has 4 nitrogen and oxygen atoms in total. The van der Waals surface area contributed by atoms with E-state index in [-0.39, 0.29) is 12.5 Å². The van der Waals surface area contributed by atoms with Crippen LogP contribution in [0.4, 0.5) is 0 Å². The lowest BCUT2D eigenvalue weighted by Crippen LogP contribution is -2.23. The molecule has 0 heterocycles. The summed E-state index contributed by atoms with van der Waals surface area (Å²) in [4.78, 5) is 11.1. The Balaban J connectivity index is 1.84. The maximum Gasteiger partial charge on any atom is 0.243 e. The van der Waals surface area contributed by atoms with Crippen molar-refractivity contribution in [3.63, 3.8) is 0 Å². The van der Waals surface area contributed by atoms with E-state index in [0.29, 0.717) is 5.06 Å². The Kier molecular flexibility index (Phi) is 4.44. The molecule has 3 rings (SSSR count). The molecule has 23 heavy (non-hydrogen) atoms. The number of carbonyl (C=O) groups is 1. The summed E-state index contributed by atoms with van der Waals surface area (Å²) in [7, 11) is 0. The molecule has 0 saturated carbocycles. The van der Waals surface area contributed by atoms with Crippen LogP contribution in [0.3, 0.4) is 0 Å². The van der Waals surface area contributed by atoms with Gasteiger partial charge in [-0.15, -0.1) is 0 Å². The second kappa shape index (κ2) is 6.67. The van der Waals surface area contributed by atoms with Crippen molar-refractivity contribution >= 4 is 16.7 Å². The molecule has 2 aromatic carbocycles. The molecule has 0 radical (unpaired) electrons. The van der Waals surface area contributed by atoms with Crippen molar-refractivity contribution in [1.82, 2.24) is 5.06 Å². The number of rotatable bonds is 4. The fraction of sp³-hybridized carbons (Fsp3) is 0.211. The van der Waals surface area contributed by atoms with Crippen molar-refractivity contribution in [2.24, 2.45) is 0 Å². The maximum atomic E-state index is 11.1. The van der Waals surface area contributed by atoms with Crippen LogP contribution in [0.25, 0.3) is 10.8 Å². The van der Waals surface area contributed by atoms with E-state index >= 15 is 0 Å². The zero-order valence-electron chi connectivity index (χ0n) is 13.0. The number of amides is 1. The molecule has 0 fully saturated rings. The number of benzene rings is 2. The lowest BCUT2D eigenvalue weighted by atomic mass is 10.1. The number of carbonyl (C=O) groups excluding carboxylic acids is 1. The first-order chi connectivity index (χ1) is 11.1. The van der Waals surface area contributed by atoms with Gasteiger partial charge in [-0.05, 0) is 59.5 Å². The van der Waals surface area contributed by atoms with Gasteiger partial charge in [-0.25, -0.2) is 5.06 Å². The van der Waals surface area contributed by atoms with Crippen molar-refractivity contribution in [2.75, 3.05) is 0 Å². The van der Waals surface area contributed by atoms with Crippen LogP contribution in [0.5, 0.6) is 5.75 Å². The lowest BCUT2D eigenvalue weighted by Gasteiger charge is -2.13. The predicted molar refractivity (Wildman–Crippen MR) is 89.0 cm³/mol.